The van der Waals surface area contributed by atoms with Gasteiger partial charge in [-0.25, -0.2) is 0 Å². The molecule has 0 fully saturated rings. The molecule has 0 spiro atoms. The smallest absolute Gasteiger partial charge is 0.224 e. The van der Waals surface area contributed by atoms with Crippen LogP contribution in [0.2, 0.25) is 0 Å². The van der Waals surface area contributed by atoms with E-state index in [4.69, 9.17) is 9.47 Å². The number of aliphatic hydroxyl groups excluding tert-OH is 1. The van der Waals surface area contributed by atoms with Crippen molar-refractivity contribution in [1.29, 1.82) is 0 Å². The van der Waals surface area contributed by atoms with E-state index in [0.29, 0.717) is 12.2 Å². The van der Waals surface area contributed by atoms with Crippen molar-refractivity contribution in [3.05, 3.63) is 53.1 Å². The first-order chi connectivity index (χ1) is 12.0. The molecule has 2 aromatic carbocycles. The summed E-state index contributed by atoms with van der Waals surface area (Å²) in [4.78, 5) is 11.5. The third kappa shape index (κ3) is 4.51. The molecule has 1 heterocycles. The van der Waals surface area contributed by atoms with E-state index in [1.165, 1.54) is 5.56 Å². The van der Waals surface area contributed by atoms with E-state index in [1.807, 2.05) is 44.2 Å². The molecule has 5 heteroatoms. The van der Waals surface area contributed by atoms with Gasteiger partial charge in [-0.15, -0.1) is 0 Å². The van der Waals surface area contributed by atoms with Gasteiger partial charge in [0.25, 0.3) is 0 Å². The van der Waals surface area contributed by atoms with Crippen molar-refractivity contribution >= 4 is 11.6 Å². The summed E-state index contributed by atoms with van der Waals surface area (Å²) in [5.74, 6) is 1.40. The summed E-state index contributed by atoms with van der Waals surface area (Å²) >= 11 is 0. The molecule has 1 amide bonds. The first-order valence-electron chi connectivity index (χ1n) is 8.45. The minimum atomic E-state index is -0.744. The number of hydrogen-bond donors (Lipinski definition) is 2. The zero-order valence-electron chi connectivity index (χ0n) is 14.5. The molecular formula is C20H23NO4. The van der Waals surface area contributed by atoms with Crippen LogP contribution >= 0.6 is 0 Å². The predicted molar refractivity (Wildman–Crippen MR) is 96.3 cm³/mol. The molecule has 0 bridgehead atoms. The Morgan fingerprint density at radius 2 is 1.88 bits per heavy atom. The lowest BCUT2D eigenvalue weighted by molar-refractivity contribution is -0.116. The number of hydrogen-bond acceptors (Lipinski definition) is 4. The monoisotopic (exact) mass is 341 g/mol. The molecule has 5 nitrogen and oxygen atoms in total. The lowest BCUT2D eigenvalue weighted by Crippen LogP contribution is -2.25. The van der Waals surface area contributed by atoms with Crippen LogP contribution in [0.5, 0.6) is 11.5 Å². The van der Waals surface area contributed by atoms with E-state index in [2.05, 4.69) is 5.32 Å². The molecule has 1 aliphatic rings. The second kappa shape index (κ2) is 7.57. The highest BCUT2D eigenvalue weighted by Gasteiger charge is 2.15. The van der Waals surface area contributed by atoms with Crippen molar-refractivity contribution in [2.75, 3.05) is 18.5 Å². The number of benzene rings is 2. The summed E-state index contributed by atoms with van der Waals surface area (Å²) in [5.41, 5.74) is 4.10. The van der Waals surface area contributed by atoms with Gasteiger partial charge in [0.2, 0.25) is 5.91 Å². The molecule has 25 heavy (non-hydrogen) atoms. The van der Waals surface area contributed by atoms with Gasteiger partial charge < -0.3 is 19.9 Å². The third-order valence-corrected chi connectivity index (χ3v) is 4.18. The molecule has 0 saturated heterocycles. The van der Waals surface area contributed by atoms with Crippen LogP contribution in [0, 0.1) is 13.8 Å². The molecule has 0 saturated carbocycles. The first kappa shape index (κ1) is 17.3. The van der Waals surface area contributed by atoms with Gasteiger partial charge in [-0.3, -0.25) is 4.79 Å². The SMILES string of the molecule is Cc1ccc(OCC(O)COc2ccc3c(c2)NC(=O)CC3)c(C)c1. The minimum Gasteiger partial charge on any atom is -0.491 e. The van der Waals surface area contributed by atoms with E-state index in [1.54, 1.807) is 6.07 Å². The zero-order valence-corrected chi connectivity index (χ0v) is 14.5. The van der Waals surface area contributed by atoms with E-state index < -0.39 is 6.10 Å². The number of aliphatic hydroxyl groups is 1. The Kier molecular flexibility index (Phi) is 5.24. The maximum atomic E-state index is 11.5. The highest BCUT2D eigenvalue weighted by Crippen LogP contribution is 2.27. The Morgan fingerprint density at radius 3 is 2.68 bits per heavy atom. The maximum Gasteiger partial charge on any atom is 0.224 e. The fraction of sp³-hybridized carbons (Fsp3) is 0.350. The Hall–Kier alpha value is -2.53. The lowest BCUT2D eigenvalue weighted by atomic mass is 10.0. The molecule has 0 aromatic heterocycles. The van der Waals surface area contributed by atoms with E-state index >= 15 is 0 Å². The molecule has 0 aliphatic carbocycles. The normalized spacial score (nSPS) is 14.4. The van der Waals surface area contributed by atoms with Crippen LogP contribution in [0.25, 0.3) is 0 Å². The fourth-order valence-corrected chi connectivity index (χ4v) is 2.83. The number of carbonyl (C=O) groups is 1. The Labute approximate surface area is 147 Å². The second-order valence-electron chi connectivity index (χ2n) is 6.41. The van der Waals surface area contributed by atoms with Crippen LogP contribution < -0.4 is 14.8 Å². The number of aryl methyl sites for hydroxylation is 3. The van der Waals surface area contributed by atoms with Gasteiger partial charge in [0.1, 0.15) is 30.8 Å². The van der Waals surface area contributed by atoms with Crippen molar-refractivity contribution < 1.29 is 19.4 Å². The van der Waals surface area contributed by atoms with Crippen LogP contribution in [0.4, 0.5) is 5.69 Å². The van der Waals surface area contributed by atoms with Crippen LogP contribution in [0.15, 0.2) is 36.4 Å². The minimum absolute atomic E-state index is 0.0200. The topological polar surface area (TPSA) is 67.8 Å². The number of nitrogens with one attached hydrogen (secondary N) is 1. The van der Waals surface area contributed by atoms with Crippen LogP contribution in [0.1, 0.15) is 23.1 Å². The van der Waals surface area contributed by atoms with Gasteiger partial charge >= 0.3 is 0 Å². The molecular weight excluding hydrogens is 318 g/mol. The van der Waals surface area contributed by atoms with Gasteiger partial charge in [0, 0.05) is 18.2 Å². The number of ether oxygens (including phenoxy) is 2. The van der Waals surface area contributed by atoms with Crippen LogP contribution in [-0.4, -0.2) is 30.3 Å². The predicted octanol–water partition coefficient (Wildman–Crippen LogP) is 3.01. The largest absolute Gasteiger partial charge is 0.491 e. The number of amides is 1. The van der Waals surface area contributed by atoms with Crippen LogP contribution in [-0.2, 0) is 11.2 Å². The summed E-state index contributed by atoms with van der Waals surface area (Å²) in [6.07, 6.45) is 0.515. The summed E-state index contributed by atoms with van der Waals surface area (Å²) in [5, 5.41) is 12.9. The average molecular weight is 341 g/mol. The summed E-state index contributed by atoms with van der Waals surface area (Å²) < 4.78 is 11.3. The van der Waals surface area contributed by atoms with E-state index in [9.17, 15) is 9.90 Å². The van der Waals surface area contributed by atoms with Gasteiger partial charge in [-0.1, -0.05) is 23.8 Å². The van der Waals surface area contributed by atoms with Crippen LogP contribution in [0.3, 0.4) is 0 Å². The standard InChI is InChI=1S/C20H23NO4/c1-13-3-7-19(14(2)9-13)25-12-16(22)11-24-17-6-4-15-5-8-20(23)21-18(15)10-17/h3-4,6-7,9-10,16,22H,5,8,11-12H2,1-2H3,(H,21,23). The summed E-state index contributed by atoms with van der Waals surface area (Å²) in [6, 6.07) is 11.5. The number of rotatable bonds is 6. The quantitative estimate of drug-likeness (QED) is 0.847. The summed E-state index contributed by atoms with van der Waals surface area (Å²) in [6.45, 7) is 4.29. The fourth-order valence-electron chi connectivity index (χ4n) is 2.83. The number of fused-ring (bicyclic) bond motifs is 1. The van der Waals surface area contributed by atoms with Crippen molar-refractivity contribution in [2.24, 2.45) is 0 Å². The molecule has 2 N–H and O–H groups in total. The number of anilines is 1. The van der Waals surface area contributed by atoms with Gasteiger partial charge in [-0.05, 0) is 43.5 Å². The lowest BCUT2D eigenvalue weighted by Gasteiger charge is -2.19. The Morgan fingerprint density at radius 1 is 1.08 bits per heavy atom. The summed E-state index contributed by atoms with van der Waals surface area (Å²) in [7, 11) is 0. The molecule has 0 radical (unpaired) electrons. The molecule has 1 atom stereocenters. The highest BCUT2D eigenvalue weighted by atomic mass is 16.5. The van der Waals surface area contributed by atoms with E-state index in [-0.39, 0.29) is 19.1 Å². The third-order valence-electron chi connectivity index (χ3n) is 4.18. The second-order valence-corrected chi connectivity index (χ2v) is 6.41. The Bertz CT molecular complexity index is 772. The van der Waals surface area contributed by atoms with E-state index in [0.717, 1.165) is 29.0 Å². The maximum absolute atomic E-state index is 11.5. The molecule has 1 aliphatic heterocycles. The van der Waals surface area contributed by atoms with Crippen molar-refractivity contribution in [3.8, 4) is 11.5 Å². The molecule has 1 unspecified atom stereocenters. The van der Waals surface area contributed by atoms with Gasteiger partial charge in [0.15, 0.2) is 0 Å². The van der Waals surface area contributed by atoms with Gasteiger partial charge in [0.05, 0.1) is 0 Å². The average Bonchev–Trinajstić information content (AvgIpc) is 2.58. The zero-order chi connectivity index (χ0) is 17.8. The highest BCUT2D eigenvalue weighted by molar-refractivity contribution is 5.94. The van der Waals surface area contributed by atoms with Crippen molar-refractivity contribution in [3.63, 3.8) is 0 Å². The Balaban J connectivity index is 1.51. The molecule has 2 aromatic rings. The van der Waals surface area contributed by atoms with Crippen molar-refractivity contribution in [2.45, 2.75) is 32.8 Å². The van der Waals surface area contributed by atoms with Gasteiger partial charge in [-0.2, -0.15) is 0 Å². The molecule has 3 rings (SSSR count). The first-order valence-corrected chi connectivity index (χ1v) is 8.45. The molecule has 132 valence electrons. The number of carbonyl (C=O) groups excluding carboxylic acids is 1. The van der Waals surface area contributed by atoms with Crippen molar-refractivity contribution in [1.82, 2.24) is 0 Å².